The van der Waals surface area contributed by atoms with E-state index in [4.69, 9.17) is 16.6 Å². The number of benzene rings is 3. The zero-order chi connectivity index (χ0) is 25.2. The number of hydrogen-bond donors (Lipinski definition) is 0. The smallest absolute Gasteiger partial charge is 0.266 e. The van der Waals surface area contributed by atoms with Crippen LogP contribution in [-0.4, -0.2) is 26.9 Å². The minimum atomic E-state index is -0.590. The molecule has 1 atom stereocenters. The topological polar surface area (TPSA) is 55.2 Å². The molecule has 0 saturated heterocycles. The summed E-state index contributed by atoms with van der Waals surface area (Å²) in [5.74, 6) is 0.521. The summed E-state index contributed by atoms with van der Waals surface area (Å²) < 4.78 is 1.61. The van der Waals surface area contributed by atoms with Crippen molar-refractivity contribution < 1.29 is 4.79 Å². The maximum absolute atomic E-state index is 13.7. The lowest BCUT2D eigenvalue weighted by atomic mass is 9.93. The molecule has 0 aliphatic carbocycles. The van der Waals surface area contributed by atoms with Crippen molar-refractivity contribution >= 4 is 28.4 Å². The number of para-hydroxylation sites is 1. The van der Waals surface area contributed by atoms with Gasteiger partial charge in [0.25, 0.3) is 5.56 Å². The molecule has 0 aliphatic rings. The third-order valence-corrected chi connectivity index (χ3v) is 6.37. The zero-order valence-electron chi connectivity index (χ0n) is 20.5. The molecular formula is C29H30ClN3O2. The minimum absolute atomic E-state index is 0.00555. The molecule has 1 heterocycles. The summed E-state index contributed by atoms with van der Waals surface area (Å²) in [6, 6.07) is 24.1. The van der Waals surface area contributed by atoms with Crippen LogP contribution >= 0.6 is 11.6 Å². The molecule has 0 radical (unpaired) electrons. The SMILES string of the molecule is CC(c1nc2ccccc2c(=O)n1-c1ccc(Cl)cc1)N(CCc1ccccc1)C(=O)C(C)(C)C. The Morgan fingerprint density at radius 1 is 0.971 bits per heavy atom. The molecule has 0 aliphatic heterocycles. The monoisotopic (exact) mass is 487 g/mol. The average Bonchev–Trinajstić information content (AvgIpc) is 2.84. The van der Waals surface area contributed by atoms with Crippen molar-refractivity contribution in [2.24, 2.45) is 5.41 Å². The molecule has 1 unspecified atom stereocenters. The van der Waals surface area contributed by atoms with Crippen molar-refractivity contribution in [3.05, 3.63) is 106 Å². The van der Waals surface area contributed by atoms with Crippen LogP contribution in [0.5, 0.6) is 0 Å². The first kappa shape index (κ1) is 24.7. The van der Waals surface area contributed by atoms with E-state index in [1.165, 1.54) is 0 Å². The van der Waals surface area contributed by atoms with E-state index in [0.29, 0.717) is 40.4 Å². The predicted octanol–water partition coefficient (Wildman–Crippen LogP) is 6.22. The lowest BCUT2D eigenvalue weighted by Gasteiger charge is -2.35. The summed E-state index contributed by atoms with van der Waals surface area (Å²) in [6.07, 6.45) is 0.700. The summed E-state index contributed by atoms with van der Waals surface area (Å²) in [5.41, 5.74) is 1.65. The van der Waals surface area contributed by atoms with Crippen LogP contribution in [0.4, 0.5) is 0 Å². The van der Waals surface area contributed by atoms with Crippen molar-refractivity contribution in [1.29, 1.82) is 0 Å². The molecule has 0 N–H and O–H groups in total. The molecule has 4 rings (SSSR count). The van der Waals surface area contributed by atoms with E-state index in [1.807, 2.05) is 69.0 Å². The standard InChI is InChI=1S/C29H30ClN3O2/c1-20(32(28(35)29(2,3)4)19-18-21-10-6-5-7-11-21)26-31-25-13-9-8-12-24(25)27(34)33(26)23-16-14-22(30)15-17-23/h5-17,20H,18-19H2,1-4H3. The number of aromatic nitrogens is 2. The lowest BCUT2D eigenvalue weighted by Crippen LogP contribution is -2.44. The third-order valence-electron chi connectivity index (χ3n) is 6.11. The molecule has 1 amide bonds. The maximum Gasteiger partial charge on any atom is 0.266 e. The second-order valence-electron chi connectivity index (χ2n) is 9.76. The first-order chi connectivity index (χ1) is 16.7. The van der Waals surface area contributed by atoms with E-state index in [-0.39, 0.29) is 11.5 Å². The molecule has 1 aromatic heterocycles. The van der Waals surface area contributed by atoms with Crippen LogP contribution in [0.1, 0.15) is 45.1 Å². The average molecular weight is 488 g/mol. The van der Waals surface area contributed by atoms with Crippen LogP contribution in [-0.2, 0) is 11.2 Å². The van der Waals surface area contributed by atoms with Crippen molar-refractivity contribution in [1.82, 2.24) is 14.5 Å². The Labute approximate surface area is 211 Å². The Morgan fingerprint density at radius 3 is 2.26 bits per heavy atom. The first-order valence-corrected chi connectivity index (χ1v) is 12.2. The van der Waals surface area contributed by atoms with E-state index < -0.39 is 11.5 Å². The predicted molar refractivity (Wildman–Crippen MR) is 142 cm³/mol. The fourth-order valence-corrected chi connectivity index (χ4v) is 4.33. The van der Waals surface area contributed by atoms with Crippen LogP contribution in [0.15, 0.2) is 83.7 Å². The summed E-state index contributed by atoms with van der Waals surface area (Å²) in [4.78, 5) is 34.1. The van der Waals surface area contributed by atoms with E-state index in [9.17, 15) is 9.59 Å². The number of carbonyl (C=O) groups excluding carboxylic acids is 1. The molecule has 0 saturated carbocycles. The highest BCUT2D eigenvalue weighted by Crippen LogP contribution is 2.28. The largest absolute Gasteiger partial charge is 0.332 e. The Kier molecular flexibility index (Phi) is 7.08. The van der Waals surface area contributed by atoms with E-state index in [1.54, 1.807) is 34.9 Å². The van der Waals surface area contributed by atoms with Crippen LogP contribution in [0.25, 0.3) is 16.6 Å². The van der Waals surface area contributed by atoms with Crippen molar-refractivity contribution in [2.75, 3.05) is 6.54 Å². The van der Waals surface area contributed by atoms with Gasteiger partial charge in [0.1, 0.15) is 5.82 Å². The zero-order valence-corrected chi connectivity index (χ0v) is 21.3. The molecule has 5 nitrogen and oxygen atoms in total. The van der Waals surface area contributed by atoms with E-state index in [2.05, 4.69) is 12.1 Å². The van der Waals surface area contributed by atoms with Crippen LogP contribution < -0.4 is 5.56 Å². The Hall–Kier alpha value is -3.44. The molecular weight excluding hydrogens is 458 g/mol. The van der Waals surface area contributed by atoms with Gasteiger partial charge >= 0.3 is 0 Å². The van der Waals surface area contributed by atoms with Gasteiger partial charge in [-0.05, 0) is 55.3 Å². The number of nitrogens with zero attached hydrogens (tertiary/aromatic N) is 3. The van der Waals surface area contributed by atoms with Gasteiger partial charge in [0.15, 0.2) is 0 Å². The molecule has 4 aromatic rings. The molecule has 0 fully saturated rings. The van der Waals surface area contributed by atoms with Gasteiger partial charge in [0, 0.05) is 17.0 Å². The number of carbonyl (C=O) groups is 1. The van der Waals surface area contributed by atoms with Crippen molar-refractivity contribution in [3.8, 4) is 5.69 Å². The second-order valence-corrected chi connectivity index (χ2v) is 10.2. The fourth-order valence-electron chi connectivity index (χ4n) is 4.21. The highest BCUT2D eigenvalue weighted by Gasteiger charge is 2.33. The van der Waals surface area contributed by atoms with Crippen molar-refractivity contribution in [3.63, 3.8) is 0 Å². The molecule has 180 valence electrons. The van der Waals surface area contributed by atoms with Crippen LogP contribution in [0.3, 0.4) is 0 Å². The van der Waals surface area contributed by atoms with Gasteiger partial charge in [-0.2, -0.15) is 0 Å². The molecule has 35 heavy (non-hydrogen) atoms. The number of halogens is 1. The van der Waals surface area contributed by atoms with Gasteiger partial charge < -0.3 is 4.90 Å². The molecule has 0 bridgehead atoms. The normalized spacial score (nSPS) is 12.5. The van der Waals surface area contributed by atoms with E-state index >= 15 is 0 Å². The van der Waals surface area contributed by atoms with Gasteiger partial charge in [-0.25, -0.2) is 4.98 Å². The highest BCUT2D eigenvalue weighted by molar-refractivity contribution is 6.30. The number of hydrogen-bond acceptors (Lipinski definition) is 3. The minimum Gasteiger partial charge on any atom is -0.332 e. The van der Waals surface area contributed by atoms with Crippen LogP contribution in [0.2, 0.25) is 5.02 Å². The molecule has 0 spiro atoms. The third kappa shape index (κ3) is 5.30. The van der Waals surface area contributed by atoms with Gasteiger partial charge in [-0.3, -0.25) is 14.2 Å². The Balaban J connectivity index is 1.86. The van der Waals surface area contributed by atoms with Gasteiger partial charge in [0.05, 0.1) is 22.6 Å². The summed E-state index contributed by atoms with van der Waals surface area (Å²) >= 11 is 6.12. The molecule has 3 aromatic carbocycles. The van der Waals surface area contributed by atoms with Gasteiger partial charge in [-0.1, -0.05) is 74.8 Å². The number of amides is 1. The highest BCUT2D eigenvalue weighted by atomic mass is 35.5. The first-order valence-electron chi connectivity index (χ1n) is 11.8. The van der Waals surface area contributed by atoms with Crippen LogP contribution in [0, 0.1) is 5.41 Å². The Morgan fingerprint density at radius 2 is 1.60 bits per heavy atom. The lowest BCUT2D eigenvalue weighted by molar-refractivity contribution is -0.142. The quantitative estimate of drug-likeness (QED) is 0.324. The number of fused-ring (bicyclic) bond motifs is 1. The summed E-state index contributed by atoms with van der Waals surface area (Å²) in [7, 11) is 0. The van der Waals surface area contributed by atoms with Gasteiger partial charge in [0.2, 0.25) is 5.91 Å². The van der Waals surface area contributed by atoms with Gasteiger partial charge in [-0.15, -0.1) is 0 Å². The maximum atomic E-state index is 13.7. The summed E-state index contributed by atoms with van der Waals surface area (Å²) in [6.45, 7) is 8.19. The second kappa shape index (κ2) is 10.0. The number of rotatable bonds is 6. The van der Waals surface area contributed by atoms with Crippen molar-refractivity contribution in [2.45, 2.75) is 40.2 Å². The summed E-state index contributed by atoms with van der Waals surface area (Å²) in [5, 5.41) is 1.11. The Bertz CT molecular complexity index is 1390. The van der Waals surface area contributed by atoms with E-state index in [0.717, 1.165) is 5.56 Å². The molecule has 6 heteroatoms. The fraction of sp³-hybridized carbons (Fsp3) is 0.276.